The third-order valence-electron chi connectivity index (χ3n) is 8.43. The van der Waals surface area contributed by atoms with Crippen LogP contribution < -0.4 is 0 Å². The van der Waals surface area contributed by atoms with Crippen LogP contribution in [0.1, 0.15) is 91.4 Å². The number of ether oxygens (including phenoxy) is 1. The van der Waals surface area contributed by atoms with Gasteiger partial charge in [-0.3, -0.25) is 4.79 Å². The van der Waals surface area contributed by atoms with E-state index in [4.69, 9.17) is 9.16 Å². The van der Waals surface area contributed by atoms with Crippen molar-refractivity contribution in [3.8, 4) is 0 Å². The smallest absolute Gasteiger partial charge is 0.305 e. The van der Waals surface area contributed by atoms with Crippen LogP contribution in [0.4, 0.5) is 0 Å². The second-order valence-electron chi connectivity index (χ2n) is 9.47. The van der Waals surface area contributed by atoms with E-state index in [0.717, 1.165) is 18.8 Å². The summed E-state index contributed by atoms with van der Waals surface area (Å²) in [5, 5.41) is 0. The minimum atomic E-state index is -1.59. The molecule has 3 aliphatic rings. The minimum Gasteiger partial charge on any atom is -0.469 e. The van der Waals surface area contributed by atoms with E-state index in [0.29, 0.717) is 17.9 Å². The number of carbonyl (C=O) groups is 1. The molecule has 160 valence electrons. The molecule has 3 rings (SSSR count). The molecule has 1 spiro atoms. The number of esters is 1. The van der Waals surface area contributed by atoms with E-state index in [9.17, 15) is 4.79 Å². The van der Waals surface area contributed by atoms with Crippen LogP contribution in [0.5, 0.6) is 0 Å². The Hall–Kier alpha value is -0.613. The van der Waals surface area contributed by atoms with E-state index in [1.165, 1.54) is 76.6 Å². The maximum atomic E-state index is 11.6. The summed E-state index contributed by atoms with van der Waals surface area (Å²) in [6.45, 7) is 7.08. The van der Waals surface area contributed by atoms with E-state index in [2.05, 4.69) is 20.8 Å². The molecule has 3 aliphatic carbocycles. The highest BCUT2D eigenvalue weighted by molar-refractivity contribution is 6.73. The Kier molecular flexibility index (Phi) is 7.46. The minimum absolute atomic E-state index is 0.0650. The highest BCUT2D eigenvalue weighted by atomic mass is 28.4. The highest BCUT2D eigenvalue weighted by Crippen LogP contribution is 2.61. The predicted octanol–water partition coefficient (Wildman–Crippen LogP) is 6.78. The van der Waals surface area contributed by atoms with Crippen LogP contribution in [0.15, 0.2) is 11.1 Å². The Balaban J connectivity index is 1.84. The largest absolute Gasteiger partial charge is 0.469 e. The van der Waals surface area contributed by atoms with E-state index in [-0.39, 0.29) is 5.97 Å². The molecular formula is C24H42O3Si. The third kappa shape index (κ3) is 4.14. The van der Waals surface area contributed by atoms with Crippen molar-refractivity contribution >= 4 is 14.3 Å². The third-order valence-corrected chi connectivity index (χ3v) is 13.1. The van der Waals surface area contributed by atoms with Crippen LogP contribution in [-0.4, -0.2) is 27.5 Å². The van der Waals surface area contributed by atoms with Gasteiger partial charge in [0.05, 0.1) is 13.2 Å². The lowest BCUT2D eigenvalue weighted by Gasteiger charge is -2.47. The van der Waals surface area contributed by atoms with E-state index in [1.54, 1.807) is 5.57 Å². The molecule has 0 aromatic heterocycles. The zero-order chi connectivity index (χ0) is 20.2. The van der Waals surface area contributed by atoms with Crippen molar-refractivity contribution in [1.29, 1.82) is 0 Å². The summed E-state index contributed by atoms with van der Waals surface area (Å²) < 4.78 is 12.1. The quantitative estimate of drug-likeness (QED) is 0.240. The Labute approximate surface area is 173 Å². The second kappa shape index (κ2) is 9.47. The highest BCUT2D eigenvalue weighted by Gasteiger charge is 2.54. The standard InChI is InChI=1S/C24H42O3Si/c1-5-28(6-2,7-3)27-21-12-8-9-17-24(21)18-16-20-15-14-19(23(20)24)11-10-13-22(25)26-4/h20-21H,5-18H2,1-4H3. The molecule has 28 heavy (non-hydrogen) atoms. The average molecular weight is 407 g/mol. The maximum Gasteiger partial charge on any atom is 0.305 e. The van der Waals surface area contributed by atoms with Crippen molar-refractivity contribution in [1.82, 2.24) is 0 Å². The number of carbonyl (C=O) groups excluding carboxylic acids is 1. The molecular weight excluding hydrogens is 364 g/mol. The van der Waals surface area contributed by atoms with Gasteiger partial charge in [0.2, 0.25) is 0 Å². The Morgan fingerprint density at radius 2 is 1.82 bits per heavy atom. The molecule has 2 fully saturated rings. The molecule has 0 radical (unpaired) electrons. The first-order valence-electron chi connectivity index (χ1n) is 12.0. The van der Waals surface area contributed by atoms with Crippen molar-refractivity contribution in [3.05, 3.63) is 11.1 Å². The number of hydrogen-bond donors (Lipinski definition) is 0. The van der Waals surface area contributed by atoms with Gasteiger partial charge in [-0.15, -0.1) is 0 Å². The SMILES string of the molecule is CC[Si](CC)(CC)OC1CCCCC12CCC1CCC(CCCC(=O)OC)=C12. The summed E-state index contributed by atoms with van der Waals surface area (Å²) in [5.41, 5.74) is 3.84. The lowest BCUT2D eigenvalue weighted by atomic mass is 9.67. The molecule has 3 nitrogen and oxygen atoms in total. The topological polar surface area (TPSA) is 35.5 Å². The first kappa shape index (κ1) is 22.1. The number of methoxy groups -OCH3 is 1. The molecule has 0 aromatic carbocycles. The molecule has 4 heteroatoms. The van der Waals surface area contributed by atoms with Gasteiger partial charge in [-0.1, -0.05) is 44.8 Å². The first-order chi connectivity index (χ1) is 13.5. The monoisotopic (exact) mass is 406 g/mol. The van der Waals surface area contributed by atoms with Gasteiger partial charge in [-0.2, -0.15) is 0 Å². The fraction of sp³-hybridized carbons (Fsp3) is 0.875. The first-order valence-corrected chi connectivity index (χ1v) is 14.5. The van der Waals surface area contributed by atoms with Gasteiger partial charge in [0, 0.05) is 11.8 Å². The second-order valence-corrected chi connectivity index (χ2v) is 14.2. The van der Waals surface area contributed by atoms with Crippen LogP contribution in [0.3, 0.4) is 0 Å². The Bertz CT molecular complexity index is 568. The van der Waals surface area contributed by atoms with Crippen LogP contribution in [0.25, 0.3) is 0 Å². The van der Waals surface area contributed by atoms with Crippen molar-refractivity contribution in [2.45, 2.75) is 116 Å². The molecule has 0 aromatic rings. The lowest BCUT2D eigenvalue weighted by molar-refractivity contribution is -0.140. The molecule has 0 aliphatic heterocycles. The molecule has 3 unspecified atom stereocenters. The summed E-state index contributed by atoms with van der Waals surface area (Å²) in [4.78, 5) is 11.6. The Morgan fingerprint density at radius 3 is 2.50 bits per heavy atom. The number of rotatable bonds is 9. The van der Waals surface area contributed by atoms with Crippen molar-refractivity contribution in [3.63, 3.8) is 0 Å². The van der Waals surface area contributed by atoms with Gasteiger partial charge in [-0.25, -0.2) is 0 Å². The molecule has 0 bridgehead atoms. The Morgan fingerprint density at radius 1 is 1.07 bits per heavy atom. The fourth-order valence-corrected chi connectivity index (χ4v) is 9.56. The summed E-state index contributed by atoms with van der Waals surface area (Å²) >= 11 is 0. The summed E-state index contributed by atoms with van der Waals surface area (Å²) in [5.74, 6) is 0.739. The average Bonchev–Trinajstić information content (AvgIpc) is 3.30. The van der Waals surface area contributed by atoms with Crippen molar-refractivity contribution < 1.29 is 14.0 Å². The summed E-state index contributed by atoms with van der Waals surface area (Å²) in [6, 6.07) is 3.75. The normalized spacial score (nSPS) is 30.1. The maximum absolute atomic E-state index is 11.6. The van der Waals surface area contributed by atoms with Gasteiger partial charge >= 0.3 is 5.97 Å². The van der Waals surface area contributed by atoms with E-state index in [1.807, 2.05) is 5.57 Å². The lowest BCUT2D eigenvalue weighted by Crippen LogP contribution is -2.48. The molecule has 3 atom stereocenters. The molecule has 0 amide bonds. The molecule has 0 saturated heterocycles. The summed E-state index contributed by atoms with van der Waals surface area (Å²) in [7, 11) is -0.0962. The van der Waals surface area contributed by atoms with E-state index < -0.39 is 8.32 Å². The van der Waals surface area contributed by atoms with Gasteiger partial charge < -0.3 is 9.16 Å². The molecule has 0 heterocycles. The summed E-state index contributed by atoms with van der Waals surface area (Å²) in [6.07, 6.45) is 13.7. The van der Waals surface area contributed by atoms with Crippen LogP contribution in [0, 0.1) is 11.3 Å². The van der Waals surface area contributed by atoms with Gasteiger partial charge in [-0.05, 0) is 75.4 Å². The number of allylic oxidation sites excluding steroid dienone is 1. The molecule has 2 saturated carbocycles. The fourth-order valence-electron chi connectivity index (χ4n) is 6.61. The number of fused-ring (bicyclic) bond motifs is 2. The van der Waals surface area contributed by atoms with Crippen LogP contribution in [0.2, 0.25) is 18.1 Å². The van der Waals surface area contributed by atoms with Crippen LogP contribution in [-0.2, 0) is 14.0 Å². The zero-order valence-corrected chi connectivity index (χ0v) is 19.8. The van der Waals surface area contributed by atoms with Crippen molar-refractivity contribution in [2.24, 2.45) is 11.3 Å². The number of hydrogen-bond acceptors (Lipinski definition) is 3. The van der Waals surface area contributed by atoms with Gasteiger partial charge in [0.15, 0.2) is 8.32 Å². The van der Waals surface area contributed by atoms with Crippen molar-refractivity contribution in [2.75, 3.05) is 7.11 Å². The van der Waals surface area contributed by atoms with Gasteiger partial charge in [0.1, 0.15) is 0 Å². The van der Waals surface area contributed by atoms with Gasteiger partial charge in [0.25, 0.3) is 0 Å². The van der Waals surface area contributed by atoms with E-state index >= 15 is 0 Å². The van der Waals surface area contributed by atoms with Crippen LogP contribution >= 0.6 is 0 Å². The molecule has 0 N–H and O–H groups in total. The zero-order valence-electron chi connectivity index (χ0n) is 18.8. The predicted molar refractivity (Wildman–Crippen MR) is 118 cm³/mol.